The molecule has 7 nitrogen and oxygen atoms in total. The van der Waals surface area contributed by atoms with Crippen molar-refractivity contribution in [2.24, 2.45) is 11.5 Å². The topological polar surface area (TPSA) is 139 Å². The van der Waals surface area contributed by atoms with Crippen LogP contribution >= 0.6 is 12.2 Å². The molecule has 1 rings (SSSR count). The molecule has 21 heavy (non-hydrogen) atoms. The van der Waals surface area contributed by atoms with Gasteiger partial charge in [0.25, 0.3) is 5.91 Å². The maximum Gasteiger partial charge on any atom is 0.326 e. The van der Waals surface area contributed by atoms with E-state index < -0.39 is 17.9 Å². The number of nitrogens with one attached hydrogen (secondary N) is 1. The van der Waals surface area contributed by atoms with Crippen LogP contribution in [0.15, 0.2) is 24.3 Å². The predicted octanol–water partition coefficient (Wildman–Crippen LogP) is 0.216. The number of phenolic OH excluding ortho intramolecular Hbond substituents is 1. The van der Waals surface area contributed by atoms with E-state index in [4.69, 9.17) is 10.8 Å². The lowest BCUT2D eigenvalue weighted by Gasteiger charge is -2.14. The summed E-state index contributed by atoms with van der Waals surface area (Å²) in [5.74, 6) is -2.05. The van der Waals surface area contributed by atoms with Crippen molar-refractivity contribution in [2.45, 2.75) is 18.9 Å². The van der Waals surface area contributed by atoms with Crippen LogP contribution in [0.4, 0.5) is 0 Å². The first-order chi connectivity index (χ1) is 9.91. The number of carbonyl (C=O) groups excluding carboxylic acids is 1. The molecule has 0 aliphatic carbocycles. The number of benzene rings is 1. The molecule has 1 unspecified atom stereocenters. The summed E-state index contributed by atoms with van der Waals surface area (Å²) < 4.78 is 0. The Hall–Kier alpha value is -2.19. The fraction of sp³-hybridized carbons (Fsp3) is 0.308. The zero-order chi connectivity index (χ0) is 16.4. The SMILES string of the molecule is CN.NC(=S)CCC(NC(=O)c1ccccc1O)C(=O)O. The fourth-order valence-corrected chi connectivity index (χ4v) is 1.56. The third kappa shape index (κ3) is 6.68. The van der Waals surface area contributed by atoms with Gasteiger partial charge in [-0.1, -0.05) is 24.4 Å². The number of thiocarbonyl (C=S) groups is 1. The zero-order valence-electron chi connectivity index (χ0n) is 11.6. The molecular weight excluding hydrogens is 294 g/mol. The molecule has 0 saturated heterocycles. The molecule has 116 valence electrons. The number of nitrogens with two attached hydrogens (primary N) is 2. The van der Waals surface area contributed by atoms with Crippen LogP contribution in [0.25, 0.3) is 0 Å². The van der Waals surface area contributed by atoms with E-state index in [1.54, 1.807) is 12.1 Å². The highest BCUT2D eigenvalue weighted by atomic mass is 32.1. The van der Waals surface area contributed by atoms with E-state index in [9.17, 15) is 14.7 Å². The Morgan fingerprint density at radius 1 is 1.33 bits per heavy atom. The van der Waals surface area contributed by atoms with Gasteiger partial charge in [0, 0.05) is 6.42 Å². The summed E-state index contributed by atoms with van der Waals surface area (Å²) in [4.78, 5) is 23.0. The van der Waals surface area contributed by atoms with E-state index >= 15 is 0 Å². The minimum Gasteiger partial charge on any atom is -0.507 e. The van der Waals surface area contributed by atoms with Gasteiger partial charge in [0.15, 0.2) is 0 Å². The monoisotopic (exact) mass is 313 g/mol. The minimum absolute atomic E-state index is 0.0177. The number of carbonyl (C=O) groups is 2. The van der Waals surface area contributed by atoms with Crippen LogP contribution in [0.1, 0.15) is 23.2 Å². The Morgan fingerprint density at radius 3 is 2.38 bits per heavy atom. The van der Waals surface area contributed by atoms with Crippen LogP contribution in [-0.4, -0.2) is 40.2 Å². The van der Waals surface area contributed by atoms with Crippen LogP contribution in [0.5, 0.6) is 5.75 Å². The summed E-state index contributed by atoms with van der Waals surface area (Å²) in [5, 5.41) is 20.8. The number of aliphatic carboxylic acids is 1. The van der Waals surface area contributed by atoms with Crippen molar-refractivity contribution in [3.05, 3.63) is 29.8 Å². The van der Waals surface area contributed by atoms with Gasteiger partial charge in [-0.2, -0.15) is 0 Å². The average Bonchev–Trinajstić information content (AvgIpc) is 2.45. The molecule has 0 radical (unpaired) electrons. The molecule has 1 atom stereocenters. The van der Waals surface area contributed by atoms with Gasteiger partial charge in [-0.15, -0.1) is 0 Å². The Balaban J connectivity index is 0.00000191. The Bertz CT molecular complexity index is 508. The minimum atomic E-state index is -1.18. The number of carboxylic acid groups (broad SMARTS) is 1. The number of para-hydroxylation sites is 1. The van der Waals surface area contributed by atoms with Crippen molar-refractivity contribution in [1.82, 2.24) is 5.32 Å². The molecule has 0 bridgehead atoms. The second-order valence-electron chi connectivity index (χ2n) is 3.89. The first-order valence-corrected chi connectivity index (χ1v) is 6.50. The number of phenols is 1. The Morgan fingerprint density at radius 2 is 1.90 bits per heavy atom. The lowest BCUT2D eigenvalue weighted by molar-refractivity contribution is -0.139. The van der Waals surface area contributed by atoms with Crippen molar-refractivity contribution < 1.29 is 19.8 Å². The Kier molecular flexibility index (Phi) is 8.66. The van der Waals surface area contributed by atoms with Crippen LogP contribution < -0.4 is 16.8 Å². The van der Waals surface area contributed by atoms with Gasteiger partial charge in [0.05, 0.1) is 10.6 Å². The number of carboxylic acids is 1. The van der Waals surface area contributed by atoms with Crippen LogP contribution in [0, 0.1) is 0 Å². The number of hydrogen-bond donors (Lipinski definition) is 5. The van der Waals surface area contributed by atoms with E-state index in [2.05, 4.69) is 23.3 Å². The second kappa shape index (κ2) is 9.67. The third-order valence-electron chi connectivity index (χ3n) is 2.43. The van der Waals surface area contributed by atoms with Gasteiger partial charge in [0.1, 0.15) is 11.8 Å². The van der Waals surface area contributed by atoms with E-state index in [0.29, 0.717) is 0 Å². The molecule has 0 fully saturated rings. The highest BCUT2D eigenvalue weighted by molar-refractivity contribution is 7.80. The molecular formula is C13H19N3O4S. The molecule has 0 aliphatic heterocycles. The number of aromatic hydroxyl groups is 1. The zero-order valence-corrected chi connectivity index (χ0v) is 12.4. The van der Waals surface area contributed by atoms with Gasteiger partial charge >= 0.3 is 5.97 Å². The van der Waals surface area contributed by atoms with E-state index in [-0.39, 0.29) is 29.1 Å². The highest BCUT2D eigenvalue weighted by Gasteiger charge is 2.21. The maximum atomic E-state index is 11.8. The van der Waals surface area contributed by atoms with E-state index in [1.807, 2.05) is 0 Å². The first-order valence-electron chi connectivity index (χ1n) is 6.09. The molecule has 1 aromatic rings. The molecule has 8 heteroatoms. The largest absolute Gasteiger partial charge is 0.507 e. The lowest BCUT2D eigenvalue weighted by Crippen LogP contribution is -2.41. The van der Waals surface area contributed by atoms with E-state index in [1.165, 1.54) is 19.2 Å². The van der Waals surface area contributed by atoms with Gasteiger partial charge in [0.2, 0.25) is 0 Å². The normalized spacial score (nSPS) is 10.8. The van der Waals surface area contributed by atoms with Crippen molar-refractivity contribution in [1.29, 1.82) is 0 Å². The van der Waals surface area contributed by atoms with Gasteiger partial charge in [-0.25, -0.2) is 4.79 Å². The predicted molar refractivity (Wildman–Crippen MR) is 83.1 cm³/mol. The molecule has 0 spiro atoms. The van der Waals surface area contributed by atoms with Gasteiger partial charge < -0.3 is 27.0 Å². The van der Waals surface area contributed by atoms with Crippen LogP contribution in [0.3, 0.4) is 0 Å². The summed E-state index contributed by atoms with van der Waals surface area (Å²) in [6.07, 6.45) is 0.317. The highest BCUT2D eigenvalue weighted by Crippen LogP contribution is 2.15. The van der Waals surface area contributed by atoms with Crippen LogP contribution in [-0.2, 0) is 4.79 Å². The van der Waals surface area contributed by atoms with Crippen molar-refractivity contribution in [3.63, 3.8) is 0 Å². The number of amides is 1. The molecule has 1 aromatic carbocycles. The van der Waals surface area contributed by atoms with Crippen molar-refractivity contribution >= 4 is 29.1 Å². The summed E-state index contributed by atoms with van der Waals surface area (Å²) in [6.45, 7) is 0. The van der Waals surface area contributed by atoms with Crippen molar-refractivity contribution in [3.8, 4) is 5.75 Å². The van der Waals surface area contributed by atoms with Gasteiger partial charge in [-0.05, 0) is 25.6 Å². The molecule has 0 saturated carbocycles. The van der Waals surface area contributed by atoms with Gasteiger partial charge in [-0.3, -0.25) is 4.79 Å². The molecule has 0 aromatic heterocycles. The Labute approximate surface area is 127 Å². The molecule has 0 heterocycles. The van der Waals surface area contributed by atoms with E-state index in [0.717, 1.165) is 0 Å². The first kappa shape index (κ1) is 18.8. The molecule has 0 aliphatic rings. The summed E-state index contributed by atoms with van der Waals surface area (Å²) in [6, 6.07) is 4.78. The summed E-state index contributed by atoms with van der Waals surface area (Å²) in [7, 11) is 1.50. The maximum absolute atomic E-state index is 11.8. The quantitative estimate of drug-likeness (QED) is 0.473. The number of hydrogen-bond acceptors (Lipinski definition) is 5. The van der Waals surface area contributed by atoms with Crippen LogP contribution in [0.2, 0.25) is 0 Å². The molecule has 1 amide bonds. The second-order valence-corrected chi connectivity index (χ2v) is 4.41. The summed E-state index contributed by atoms with van der Waals surface area (Å²) in [5.41, 5.74) is 9.81. The number of rotatable bonds is 6. The third-order valence-corrected chi connectivity index (χ3v) is 2.64. The fourth-order valence-electron chi connectivity index (χ4n) is 1.45. The molecule has 7 N–H and O–H groups in total. The lowest BCUT2D eigenvalue weighted by atomic mass is 10.1. The smallest absolute Gasteiger partial charge is 0.326 e. The van der Waals surface area contributed by atoms with Crippen molar-refractivity contribution in [2.75, 3.05) is 7.05 Å². The summed E-state index contributed by atoms with van der Waals surface area (Å²) >= 11 is 4.66. The standard InChI is InChI=1S/C12H14N2O4S.CH5N/c13-10(19)6-5-8(12(17)18)14-11(16)7-3-1-2-4-9(7)15;1-2/h1-4,8,15H,5-6H2,(H2,13,19)(H,14,16)(H,17,18);2H2,1H3. The average molecular weight is 313 g/mol.